The van der Waals surface area contributed by atoms with E-state index in [9.17, 15) is 13.2 Å². The first-order valence-corrected chi connectivity index (χ1v) is 15.6. The minimum Gasteiger partial charge on any atom is -0.371 e. The van der Waals surface area contributed by atoms with Crippen LogP contribution in [0.25, 0.3) is 21.8 Å². The van der Waals surface area contributed by atoms with Crippen LogP contribution >= 0.6 is 0 Å². The van der Waals surface area contributed by atoms with E-state index in [1.165, 1.54) is 12.8 Å². The number of carbonyl (C=O) groups excluding carboxylic acids is 1. The lowest BCUT2D eigenvalue weighted by molar-refractivity contribution is 0.102. The number of anilines is 2. The molecular weight excluding hydrogens is 528 g/mol. The molecule has 4 aromatic rings. The monoisotopic (exact) mass is 564 g/mol. The number of fused-ring (bicyclic) bond motifs is 2. The number of nitrogens with zero attached hydrogens (tertiary/aromatic N) is 5. The van der Waals surface area contributed by atoms with Crippen LogP contribution in [-0.4, -0.2) is 65.3 Å². The van der Waals surface area contributed by atoms with Crippen molar-refractivity contribution in [3.63, 3.8) is 0 Å². The average molecular weight is 565 g/mol. The predicted molar refractivity (Wildman–Crippen MR) is 157 cm³/mol. The van der Waals surface area contributed by atoms with E-state index in [2.05, 4.69) is 30.5 Å². The van der Waals surface area contributed by atoms with E-state index >= 15 is 0 Å². The molecule has 1 aliphatic heterocycles. The van der Waals surface area contributed by atoms with Gasteiger partial charge < -0.3 is 15.5 Å². The Labute approximate surface area is 233 Å². The molecule has 11 nitrogen and oxygen atoms in total. The van der Waals surface area contributed by atoms with Crippen molar-refractivity contribution in [1.82, 2.24) is 29.6 Å². The maximum Gasteiger partial charge on any atom is 0.257 e. The highest BCUT2D eigenvalue weighted by molar-refractivity contribution is 7.88. The van der Waals surface area contributed by atoms with Crippen LogP contribution in [0.3, 0.4) is 0 Å². The number of carbonyl (C=O) groups is 1. The lowest BCUT2D eigenvalue weighted by Crippen LogP contribution is -2.43. The molecule has 2 fully saturated rings. The predicted octanol–water partition coefficient (Wildman–Crippen LogP) is 2.79. The molecule has 3 N–H and O–H groups in total. The van der Waals surface area contributed by atoms with Crippen molar-refractivity contribution in [3.05, 3.63) is 47.3 Å². The van der Waals surface area contributed by atoms with Crippen molar-refractivity contribution in [2.24, 2.45) is 14.1 Å². The van der Waals surface area contributed by atoms with Gasteiger partial charge in [0.15, 0.2) is 0 Å². The lowest BCUT2D eigenvalue weighted by atomic mass is 10.0. The van der Waals surface area contributed by atoms with Gasteiger partial charge in [0.25, 0.3) is 5.91 Å². The highest BCUT2D eigenvalue weighted by Crippen LogP contribution is 2.33. The third-order valence-electron chi connectivity index (χ3n) is 7.99. The minimum absolute atomic E-state index is 0.0710. The Balaban J connectivity index is 1.28. The highest BCUT2D eigenvalue weighted by atomic mass is 32.2. The summed E-state index contributed by atoms with van der Waals surface area (Å²) in [5.74, 6) is -0.273. The van der Waals surface area contributed by atoms with E-state index in [1.54, 1.807) is 15.4 Å². The molecule has 2 aromatic heterocycles. The van der Waals surface area contributed by atoms with Crippen LogP contribution in [0, 0.1) is 6.92 Å². The van der Waals surface area contributed by atoms with E-state index in [4.69, 9.17) is 0 Å². The number of aryl methyl sites for hydroxylation is 3. The van der Waals surface area contributed by atoms with Crippen molar-refractivity contribution in [3.8, 4) is 0 Å². The quantitative estimate of drug-likeness (QED) is 0.300. The van der Waals surface area contributed by atoms with Gasteiger partial charge in [0.2, 0.25) is 10.0 Å². The van der Waals surface area contributed by atoms with Gasteiger partial charge in [-0.15, -0.1) is 0 Å². The summed E-state index contributed by atoms with van der Waals surface area (Å²) >= 11 is 0. The van der Waals surface area contributed by atoms with Crippen LogP contribution in [-0.2, 0) is 30.7 Å². The zero-order valence-corrected chi connectivity index (χ0v) is 24.2. The van der Waals surface area contributed by atoms with Crippen molar-refractivity contribution in [2.75, 3.05) is 29.6 Å². The number of nitrogens with one attached hydrogen (secondary N) is 3. The Morgan fingerprint density at radius 1 is 1.00 bits per heavy atom. The number of sulfonamides is 1. The smallest absolute Gasteiger partial charge is 0.257 e. The number of piperidine rings is 1. The van der Waals surface area contributed by atoms with Crippen LogP contribution < -0.4 is 20.3 Å². The number of aromatic nitrogens is 4. The van der Waals surface area contributed by atoms with Crippen LogP contribution in [0.1, 0.15) is 47.3 Å². The number of rotatable bonds is 8. The molecule has 1 saturated carbocycles. The number of hydrogen-bond donors (Lipinski definition) is 3. The Morgan fingerprint density at radius 2 is 1.73 bits per heavy atom. The van der Waals surface area contributed by atoms with Crippen molar-refractivity contribution >= 4 is 49.1 Å². The van der Waals surface area contributed by atoms with Crippen LogP contribution in [0.5, 0.6) is 0 Å². The first kappa shape index (κ1) is 26.7. The summed E-state index contributed by atoms with van der Waals surface area (Å²) in [4.78, 5) is 16.0. The lowest BCUT2D eigenvalue weighted by Gasteiger charge is -2.34. The second-order valence-electron chi connectivity index (χ2n) is 11.2. The van der Waals surface area contributed by atoms with Crippen LogP contribution in [0.15, 0.2) is 30.5 Å². The summed E-state index contributed by atoms with van der Waals surface area (Å²) in [6, 6.07) is 8.83. The maximum atomic E-state index is 13.6. The third-order valence-corrected chi connectivity index (χ3v) is 8.66. The van der Waals surface area contributed by atoms with E-state index < -0.39 is 10.0 Å². The standard InChI is InChI=1S/C28H36N8O3S/c1-17-23-14-21(13-18(15-29-40(4,38)39)26(23)33-35(17)3)31-28(37)22-7-8-25(24-16-34(2)32-27(22)24)36-11-9-20(10-12-36)30-19-5-6-19/h7-8,13-14,16,19-20,29-30H,5-6,9-12,15H2,1-4H3,(H,31,37). The van der Waals surface area contributed by atoms with Crippen molar-refractivity contribution in [2.45, 2.75) is 51.2 Å². The highest BCUT2D eigenvalue weighted by Gasteiger charge is 2.28. The molecule has 0 unspecified atom stereocenters. The Hall–Kier alpha value is -3.48. The van der Waals surface area contributed by atoms with Gasteiger partial charge >= 0.3 is 0 Å². The third kappa shape index (κ3) is 5.43. The zero-order valence-electron chi connectivity index (χ0n) is 23.4. The van der Waals surface area contributed by atoms with E-state index in [-0.39, 0.29) is 12.5 Å². The first-order chi connectivity index (χ1) is 19.1. The molecule has 12 heteroatoms. The summed E-state index contributed by atoms with van der Waals surface area (Å²) in [6.07, 6.45) is 7.91. The molecule has 0 atom stereocenters. The Bertz CT molecular complexity index is 1710. The topological polar surface area (TPSA) is 126 Å². The van der Waals surface area contributed by atoms with E-state index in [1.807, 2.05) is 45.4 Å². The largest absolute Gasteiger partial charge is 0.371 e. The maximum absolute atomic E-state index is 13.6. The second kappa shape index (κ2) is 10.2. The van der Waals surface area contributed by atoms with E-state index in [0.717, 1.165) is 54.3 Å². The van der Waals surface area contributed by atoms with Crippen LogP contribution in [0.4, 0.5) is 11.4 Å². The summed E-state index contributed by atoms with van der Waals surface area (Å²) < 4.78 is 29.6. The molecule has 3 heterocycles. The van der Waals surface area contributed by atoms with Gasteiger partial charge in [-0.2, -0.15) is 10.2 Å². The van der Waals surface area contributed by atoms with Gasteiger partial charge in [0.05, 0.1) is 17.3 Å². The average Bonchev–Trinajstić information content (AvgIpc) is 3.56. The molecule has 0 radical (unpaired) electrons. The molecule has 0 bridgehead atoms. The number of hydrogen-bond acceptors (Lipinski definition) is 7. The molecule has 1 saturated heterocycles. The second-order valence-corrected chi connectivity index (χ2v) is 13.0. The van der Waals surface area contributed by atoms with Crippen molar-refractivity contribution < 1.29 is 13.2 Å². The van der Waals surface area contributed by atoms with Crippen LogP contribution in [0.2, 0.25) is 0 Å². The fourth-order valence-electron chi connectivity index (χ4n) is 5.64. The molecule has 2 aliphatic rings. The molecule has 0 spiro atoms. The summed E-state index contributed by atoms with van der Waals surface area (Å²) in [5, 5.41) is 17.8. The van der Waals surface area contributed by atoms with Gasteiger partial charge in [0.1, 0.15) is 5.52 Å². The van der Waals surface area contributed by atoms with Gasteiger partial charge in [-0.3, -0.25) is 14.2 Å². The molecular formula is C28H36N8O3S. The molecule has 40 heavy (non-hydrogen) atoms. The number of amides is 1. The first-order valence-electron chi connectivity index (χ1n) is 13.8. The van der Waals surface area contributed by atoms with Gasteiger partial charge in [0, 0.05) is 79.9 Å². The fourth-order valence-corrected chi connectivity index (χ4v) is 6.05. The van der Waals surface area contributed by atoms with Gasteiger partial charge in [-0.05, 0) is 62.4 Å². The van der Waals surface area contributed by atoms with Gasteiger partial charge in [-0.1, -0.05) is 0 Å². The molecule has 212 valence electrons. The SMILES string of the molecule is Cc1c2cc(NC(=O)c3ccc(N4CCC(NC5CC5)CC4)c4cn(C)nc34)cc(CNS(C)(=O)=O)c2nn1C. The summed E-state index contributed by atoms with van der Waals surface area (Å²) in [5.41, 5.74) is 5.11. The van der Waals surface area contributed by atoms with Crippen molar-refractivity contribution in [1.29, 1.82) is 0 Å². The fraction of sp³-hybridized carbons (Fsp3) is 0.464. The molecule has 1 aliphatic carbocycles. The Kier molecular flexibility index (Phi) is 6.79. The summed E-state index contributed by atoms with van der Waals surface area (Å²) in [7, 11) is 0.308. The molecule has 2 aromatic carbocycles. The zero-order chi connectivity index (χ0) is 28.2. The Morgan fingerprint density at radius 3 is 2.42 bits per heavy atom. The molecule has 1 amide bonds. The number of benzene rings is 2. The summed E-state index contributed by atoms with van der Waals surface area (Å²) in [6.45, 7) is 3.95. The normalized spacial score (nSPS) is 16.8. The van der Waals surface area contributed by atoms with E-state index in [0.29, 0.717) is 39.9 Å². The molecule has 6 rings (SSSR count). The van der Waals surface area contributed by atoms with Gasteiger partial charge in [-0.25, -0.2) is 13.1 Å². The minimum atomic E-state index is -3.40.